The first-order valence-corrected chi connectivity index (χ1v) is 7.62. The van der Waals surface area contributed by atoms with Crippen LogP contribution in [0.25, 0.3) is 0 Å². The zero-order valence-corrected chi connectivity index (χ0v) is 14.3. The molecule has 0 amide bonds. The minimum atomic E-state index is -0.101. The number of aromatic hydroxyl groups is 1. The Bertz CT molecular complexity index is 519. The van der Waals surface area contributed by atoms with Gasteiger partial charge in [-0.15, -0.1) is 0 Å². The van der Waals surface area contributed by atoms with Crippen LogP contribution in [0.1, 0.15) is 58.2 Å². The van der Waals surface area contributed by atoms with Gasteiger partial charge in [0.25, 0.3) is 0 Å². The third-order valence-electron chi connectivity index (χ3n) is 3.07. The fourth-order valence-electron chi connectivity index (χ4n) is 1.86. The number of halogens is 1. The summed E-state index contributed by atoms with van der Waals surface area (Å²) in [6.45, 7) is 12.8. The van der Waals surface area contributed by atoms with Gasteiger partial charge in [-0.25, -0.2) is 0 Å². The lowest BCUT2D eigenvalue weighted by atomic mass is 9.79. The molecule has 104 valence electrons. The lowest BCUT2D eigenvalue weighted by Gasteiger charge is -2.26. The van der Waals surface area contributed by atoms with Gasteiger partial charge in [-0.2, -0.15) is 0 Å². The molecule has 0 radical (unpaired) electrons. The van der Waals surface area contributed by atoms with E-state index in [2.05, 4.69) is 75.4 Å². The fourth-order valence-corrected chi connectivity index (χ4v) is 2.00. The third kappa shape index (κ3) is 4.01. The molecule has 0 saturated carbocycles. The van der Waals surface area contributed by atoms with Crippen LogP contribution in [0, 0.1) is 11.8 Å². The first kappa shape index (κ1) is 16.1. The Balaban J connectivity index is 3.57. The van der Waals surface area contributed by atoms with Gasteiger partial charge in [0, 0.05) is 5.56 Å². The SMILES string of the molecule is CC(C)(C)c1cc(C#CCBr)c(O)c(C(C)(C)C)c1. The van der Waals surface area contributed by atoms with Crippen LogP contribution < -0.4 is 0 Å². The molecule has 0 spiro atoms. The molecule has 1 aromatic carbocycles. The zero-order chi connectivity index (χ0) is 14.8. The normalized spacial score (nSPS) is 11.9. The van der Waals surface area contributed by atoms with E-state index < -0.39 is 0 Å². The van der Waals surface area contributed by atoms with Gasteiger partial charge in [0.05, 0.1) is 10.9 Å². The number of phenols is 1. The summed E-state index contributed by atoms with van der Waals surface area (Å²) < 4.78 is 0. The van der Waals surface area contributed by atoms with E-state index in [1.807, 2.05) is 6.07 Å². The summed E-state index contributed by atoms with van der Waals surface area (Å²) in [5.41, 5.74) is 2.82. The molecule has 0 atom stereocenters. The molecule has 0 unspecified atom stereocenters. The summed E-state index contributed by atoms with van der Waals surface area (Å²) in [6, 6.07) is 4.11. The molecule has 0 aliphatic rings. The lowest BCUT2D eigenvalue weighted by Crippen LogP contribution is -2.17. The van der Waals surface area contributed by atoms with Gasteiger partial charge in [-0.3, -0.25) is 0 Å². The van der Waals surface area contributed by atoms with Crippen molar-refractivity contribution in [3.05, 3.63) is 28.8 Å². The van der Waals surface area contributed by atoms with E-state index in [9.17, 15) is 5.11 Å². The molecule has 1 rings (SSSR count). The van der Waals surface area contributed by atoms with E-state index in [-0.39, 0.29) is 10.8 Å². The van der Waals surface area contributed by atoms with Gasteiger partial charge >= 0.3 is 0 Å². The van der Waals surface area contributed by atoms with Gasteiger partial charge in [-0.1, -0.05) is 75.4 Å². The van der Waals surface area contributed by atoms with Crippen molar-refractivity contribution in [2.24, 2.45) is 0 Å². The number of benzene rings is 1. The Morgan fingerprint density at radius 2 is 1.63 bits per heavy atom. The third-order valence-corrected chi connectivity index (χ3v) is 3.35. The molecule has 0 fully saturated rings. The van der Waals surface area contributed by atoms with Crippen LogP contribution in [0.15, 0.2) is 12.1 Å². The predicted molar refractivity (Wildman–Crippen MR) is 86.2 cm³/mol. The second-order valence-electron chi connectivity index (χ2n) is 6.86. The van der Waals surface area contributed by atoms with Crippen LogP contribution in [0.3, 0.4) is 0 Å². The summed E-state index contributed by atoms with van der Waals surface area (Å²) in [5.74, 6) is 6.32. The molecular weight excluding hydrogens is 300 g/mol. The van der Waals surface area contributed by atoms with Crippen LogP contribution in [0.5, 0.6) is 5.75 Å². The van der Waals surface area contributed by atoms with Crippen molar-refractivity contribution >= 4 is 15.9 Å². The highest BCUT2D eigenvalue weighted by Gasteiger charge is 2.24. The van der Waals surface area contributed by atoms with Crippen molar-refractivity contribution in [2.75, 3.05) is 5.33 Å². The minimum absolute atomic E-state index is 0.0402. The number of phenolic OH excluding ortho intramolecular Hbond substituents is 1. The van der Waals surface area contributed by atoms with Crippen molar-refractivity contribution in [1.29, 1.82) is 0 Å². The molecule has 1 N–H and O–H groups in total. The highest BCUT2D eigenvalue weighted by Crippen LogP contribution is 2.37. The minimum Gasteiger partial charge on any atom is -0.506 e. The smallest absolute Gasteiger partial charge is 0.134 e. The molecule has 0 aromatic heterocycles. The highest BCUT2D eigenvalue weighted by atomic mass is 79.9. The molecular formula is C17H23BrO. The Labute approximate surface area is 125 Å². The molecule has 1 nitrogen and oxygen atoms in total. The molecule has 0 aliphatic carbocycles. The maximum Gasteiger partial charge on any atom is 0.134 e. The molecule has 19 heavy (non-hydrogen) atoms. The molecule has 0 aliphatic heterocycles. The standard InChI is InChI=1S/C17H23BrO/c1-16(2,3)13-10-12(8-7-9-18)15(19)14(11-13)17(4,5)6/h10-11,19H,9H2,1-6H3. The average Bonchev–Trinajstić information content (AvgIpc) is 2.24. The van der Waals surface area contributed by atoms with Crippen molar-refractivity contribution < 1.29 is 5.11 Å². The molecule has 2 heteroatoms. The van der Waals surface area contributed by atoms with Crippen molar-refractivity contribution in [1.82, 2.24) is 0 Å². The Morgan fingerprint density at radius 3 is 2.05 bits per heavy atom. The van der Waals surface area contributed by atoms with Crippen molar-refractivity contribution in [2.45, 2.75) is 52.4 Å². The molecule has 0 heterocycles. The van der Waals surface area contributed by atoms with E-state index in [0.717, 1.165) is 11.1 Å². The van der Waals surface area contributed by atoms with Crippen molar-refractivity contribution in [3.63, 3.8) is 0 Å². The second-order valence-corrected chi connectivity index (χ2v) is 7.42. The van der Waals surface area contributed by atoms with E-state index in [4.69, 9.17) is 0 Å². The van der Waals surface area contributed by atoms with Gasteiger partial charge in [-0.05, 0) is 22.5 Å². The Hall–Kier alpha value is -0.940. The molecule has 1 aromatic rings. The fraction of sp³-hybridized carbons (Fsp3) is 0.529. The molecule has 0 bridgehead atoms. The summed E-state index contributed by atoms with van der Waals surface area (Å²) in [4.78, 5) is 0. The molecule has 0 saturated heterocycles. The first-order valence-electron chi connectivity index (χ1n) is 6.50. The van der Waals surface area contributed by atoms with Crippen LogP contribution in [0.2, 0.25) is 0 Å². The van der Waals surface area contributed by atoms with E-state index in [1.54, 1.807) is 0 Å². The predicted octanol–water partition coefficient (Wildman–Crippen LogP) is 4.73. The number of alkyl halides is 1. The van der Waals surface area contributed by atoms with Crippen LogP contribution in [-0.2, 0) is 10.8 Å². The number of hydrogen-bond acceptors (Lipinski definition) is 1. The van der Waals surface area contributed by atoms with E-state index in [1.165, 1.54) is 5.56 Å². The zero-order valence-electron chi connectivity index (χ0n) is 12.7. The topological polar surface area (TPSA) is 20.2 Å². The van der Waals surface area contributed by atoms with Gasteiger partial charge in [0.1, 0.15) is 5.75 Å². The van der Waals surface area contributed by atoms with Crippen LogP contribution in [-0.4, -0.2) is 10.4 Å². The average molecular weight is 323 g/mol. The lowest BCUT2D eigenvalue weighted by molar-refractivity contribution is 0.443. The largest absolute Gasteiger partial charge is 0.506 e. The van der Waals surface area contributed by atoms with Gasteiger partial charge < -0.3 is 5.11 Å². The summed E-state index contributed by atoms with van der Waals surface area (Å²) in [7, 11) is 0. The Kier molecular flexibility index (Phi) is 4.74. The first-order chi connectivity index (χ1) is 8.57. The summed E-state index contributed by atoms with van der Waals surface area (Å²) in [6.07, 6.45) is 0. The monoisotopic (exact) mass is 322 g/mol. The summed E-state index contributed by atoms with van der Waals surface area (Å²) >= 11 is 3.29. The van der Waals surface area contributed by atoms with E-state index in [0.29, 0.717) is 11.1 Å². The number of hydrogen-bond donors (Lipinski definition) is 1. The summed E-state index contributed by atoms with van der Waals surface area (Å²) in [5, 5.41) is 11.0. The second kappa shape index (κ2) is 5.59. The van der Waals surface area contributed by atoms with Crippen molar-refractivity contribution in [3.8, 4) is 17.6 Å². The maximum absolute atomic E-state index is 10.4. The van der Waals surface area contributed by atoms with E-state index >= 15 is 0 Å². The van der Waals surface area contributed by atoms with Gasteiger partial charge in [0.15, 0.2) is 0 Å². The van der Waals surface area contributed by atoms with Crippen LogP contribution in [0.4, 0.5) is 0 Å². The maximum atomic E-state index is 10.4. The van der Waals surface area contributed by atoms with Crippen LogP contribution >= 0.6 is 15.9 Å². The quantitative estimate of drug-likeness (QED) is 0.540. The van der Waals surface area contributed by atoms with Gasteiger partial charge in [0.2, 0.25) is 0 Å². The number of rotatable bonds is 0. The Morgan fingerprint density at radius 1 is 1.05 bits per heavy atom. The highest BCUT2D eigenvalue weighted by molar-refractivity contribution is 9.09.